The van der Waals surface area contributed by atoms with E-state index in [2.05, 4.69) is 35.8 Å². The van der Waals surface area contributed by atoms with Gasteiger partial charge in [0.05, 0.1) is 21.2 Å². The molecular weight excluding hydrogens is 477 g/mol. The molecule has 4 rings (SSSR count). The quantitative estimate of drug-likeness (QED) is 0.234. The smallest absolute Gasteiger partial charge is 0.294 e. The minimum Gasteiger partial charge on any atom is -0.378 e. The van der Waals surface area contributed by atoms with Crippen LogP contribution >= 0.6 is 23.2 Å². The summed E-state index contributed by atoms with van der Waals surface area (Å²) < 4.78 is 5.72. The van der Waals surface area contributed by atoms with Crippen LogP contribution in [0.15, 0.2) is 52.2 Å². The Morgan fingerprint density at radius 3 is 2.64 bits per heavy atom. The molecule has 3 N–H and O–H groups in total. The van der Waals surface area contributed by atoms with Gasteiger partial charge in [0.2, 0.25) is 11.6 Å². The molecule has 166 valence electrons. The van der Waals surface area contributed by atoms with Crippen molar-refractivity contribution in [1.29, 1.82) is 0 Å². The average molecular weight is 488 g/mol. The van der Waals surface area contributed by atoms with Gasteiger partial charge in [-0.05, 0) is 28.5 Å². The highest BCUT2D eigenvalue weighted by atomic mass is 35.5. The number of halogens is 2. The van der Waals surface area contributed by atoms with Crippen LogP contribution in [-0.4, -0.2) is 42.4 Å². The summed E-state index contributed by atoms with van der Waals surface area (Å²) in [5.74, 6) is -0.869. The molecule has 0 aliphatic rings. The van der Waals surface area contributed by atoms with Crippen LogP contribution in [0.4, 0.5) is 11.5 Å². The molecule has 0 unspecified atom stereocenters. The maximum absolute atomic E-state index is 12.8. The lowest BCUT2D eigenvalue weighted by molar-refractivity contribution is -0.384. The Labute approximate surface area is 193 Å². The first-order valence-electron chi connectivity index (χ1n) is 8.93. The van der Waals surface area contributed by atoms with Crippen molar-refractivity contribution in [3.8, 4) is 17.1 Å². The third-order valence-electron chi connectivity index (χ3n) is 4.28. The number of non-ortho nitro benzene ring substituents is 1. The van der Waals surface area contributed by atoms with Crippen LogP contribution in [0, 0.1) is 10.1 Å². The Bertz CT molecular complexity index is 1380. The lowest BCUT2D eigenvalue weighted by Gasteiger charge is -2.06. The second-order valence-electron chi connectivity index (χ2n) is 6.32. The highest BCUT2D eigenvalue weighted by Gasteiger charge is 2.25. The molecule has 2 heterocycles. The summed E-state index contributed by atoms with van der Waals surface area (Å²) >= 11 is 12.1. The molecule has 0 saturated carbocycles. The van der Waals surface area contributed by atoms with Crippen molar-refractivity contribution >= 4 is 46.8 Å². The van der Waals surface area contributed by atoms with E-state index in [0.717, 1.165) is 4.68 Å². The number of nitro benzene ring substituents is 1. The summed E-state index contributed by atoms with van der Waals surface area (Å²) in [5.41, 5.74) is 8.72. The molecule has 0 radical (unpaired) electrons. The van der Waals surface area contributed by atoms with E-state index in [1.807, 2.05) is 0 Å². The van der Waals surface area contributed by atoms with E-state index in [0.29, 0.717) is 16.1 Å². The Morgan fingerprint density at radius 1 is 1.21 bits per heavy atom. The number of rotatable bonds is 6. The fraction of sp³-hybridized carbons (Fsp3) is 0. The van der Waals surface area contributed by atoms with Crippen LogP contribution in [0.5, 0.6) is 0 Å². The zero-order valence-corrected chi connectivity index (χ0v) is 17.7. The number of nitrogens with zero attached hydrogens (tertiary/aromatic N) is 7. The molecule has 0 aliphatic carbocycles. The molecule has 2 aromatic heterocycles. The molecule has 15 heteroatoms. The Balaban J connectivity index is 1.70. The first kappa shape index (κ1) is 21.9. The molecule has 1 amide bonds. The number of aromatic nitrogens is 5. The van der Waals surface area contributed by atoms with E-state index in [-0.39, 0.29) is 33.7 Å². The van der Waals surface area contributed by atoms with Crippen molar-refractivity contribution in [2.45, 2.75) is 0 Å². The molecule has 0 bridgehead atoms. The lowest BCUT2D eigenvalue weighted by atomic mass is 10.1. The molecule has 0 aliphatic heterocycles. The summed E-state index contributed by atoms with van der Waals surface area (Å²) in [4.78, 5) is 23.3. The zero-order valence-electron chi connectivity index (χ0n) is 16.2. The Morgan fingerprint density at radius 2 is 1.97 bits per heavy atom. The highest BCUT2D eigenvalue weighted by molar-refractivity contribution is 6.43. The lowest BCUT2D eigenvalue weighted by Crippen LogP contribution is -2.19. The molecule has 0 spiro atoms. The zero-order chi connectivity index (χ0) is 23.5. The van der Waals surface area contributed by atoms with Crippen LogP contribution in [0.3, 0.4) is 0 Å². The number of carbonyl (C=O) groups is 1. The summed E-state index contributed by atoms with van der Waals surface area (Å²) in [5, 5.41) is 30.4. The monoisotopic (exact) mass is 487 g/mol. The SMILES string of the molecule is Nc1nonc1-n1nnc(C(=O)N/N=C/c2cccc(Cl)c2Cl)c1-c1ccc([N+](=O)[O-])cc1. The van der Waals surface area contributed by atoms with Crippen LogP contribution in [0.2, 0.25) is 10.0 Å². The molecule has 0 saturated heterocycles. The van der Waals surface area contributed by atoms with Gasteiger partial charge in [-0.15, -0.1) is 5.10 Å². The van der Waals surface area contributed by atoms with E-state index in [1.165, 1.54) is 30.5 Å². The number of anilines is 1. The maximum Gasteiger partial charge on any atom is 0.294 e. The van der Waals surface area contributed by atoms with Crippen LogP contribution < -0.4 is 11.2 Å². The van der Waals surface area contributed by atoms with Gasteiger partial charge >= 0.3 is 0 Å². The van der Waals surface area contributed by atoms with Gasteiger partial charge in [0.15, 0.2) is 5.69 Å². The fourth-order valence-corrected chi connectivity index (χ4v) is 3.11. The number of benzene rings is 2. The van der Waals surface area contributed by atoms with E-state index < -0.39 is 10.8 Å². The van der Waals surface area contributed by atoms with E-state index in [4.69, 9.17) is 28.9 Å². The fourth-order valence-electron chi connectivity index (χ4n) is 2.75. The molecule has 13 nitrogen and oxygen atoms in total. The Hall–Kier alpha value is -4.36. The number of amides is 1. The van der Waals surface area contributed by atoms with Crippen molar-refractivity contribution in [3.63, 3.8) is 0 Å². The van der Waals surface area contributed by atoms with Gasteiger partial charge in [0.25, 0.3) is 11.6 Å². The first-order valence-corrected chi connectivity index (χ1v) is 9.68. The minimum atomic E-state index is -0.737. The van der Waals surface area contributed by atoms with Gasteiger partial charge in [-0.3, -0.25) is 14.9 Å². The minimum absolute atomic E-state index is 0.0240. The van der Waals surface area contributed by atoms with Gasteiger partial charge < -0.3 is 5.73 Å². The number of nitrogen functional groups attached to an aromatic ring is 1. The second kappa shape index (κ2) is 9.02. The van der Waals surface area contributed by atoms with Crippen molar-refractivity contribution in [3.05, 3.63) is 73.9 Å². The van der Waals surface area contributed by atoms with Gasteiger partial charge in [-0.25, -0.2) is 10.1 Å². The molecule has 33 heavy (non-hydrogen) atoms. The van der Waals surface area contributed by atoms with Crippen molar-refractivity contribution in [2.75, 3.05) is 5.73 Å². The third-order valence-corrected chi connectivity index (χ3v) is 5.12. The van der Waals surface area contributed by atoms with E-state index >= 15 is 0 Å². The first-order chi connectivity index (χ1) is 15.9. The maximum atomic E-state index is 12.8. The van der Waals surface area contributed by atoms with Gasteiger partial charge in [-0.2, -0.15) is 9.78 Å². The van der Waals surface area contributed by atoms with E-state index in [1.54, 1.807) is 18.2 Å². The second-order valence-corrected chi connectivity index (χ2v) is 7.10. The van der Waals surface area contributed by atoms with Crippen molar-refractivity contribution in [1.82, 2.24) is 30.7 Å². The number of nitro groups is 1. The third kappa shape index (κ3) is 4.35. The topological polar surface area (TPSA) is 180 Å². The Kier molecular flexibility index (Phi) is 5.97. The predicted octanol–water partition coefficient (Wildman–Crippen LogP) is 2.88. The summed E-state index contributed by atoms with van der Waals surface area (Å²) in [6, 6.07) is 10.3. The highest BCUT2D eigenvalue weighted by Crippen LogP contribution is 2.28. The predicted molar refractivity (Wildman–Crippen MR) is 117 cm³/mol. The van der Waals surface area contributed by atoms with Crippen LogP contribution in [0.1, 0.15) is 16.1 Å². The van der Waals surface area contributed by atoms with E-state index in [9.17, 15) is 14.9 Å². The van der Waals surface area contributed by atoms with Gasteiger partial charge in [-0.1, -0.05) is 40.5 Å². The number of nitrogens with two attached hydrogens (primary N) is 1. The molecule has 2 aromatic carbocycles. The van der Waals surface area contributed by atoms with Crippen LogP contribution in [-0.2, 0) is 0 Å². The number of hydrazone groups is 1. The summed E-state index contributed by atoms with van der Waals surface area (Å²) in [6.45, 7) is 0. The van der Waals surface area contributed by atoms with Crippen LogP contribution in [0.25, 0.3) is 17.1 Å². The molecule has 4 aromatic rings. The summed E-state index contributed by atoms with van der Waals surface area (Å²) in [6.07, 6.45) is 1.31. The standard InChI is InChI=1S/C18H11Cl2N9O4/c19-12-3-1-2-10(13(12)20)8-22-24-18(30)14-15(9-4-6-11(7-5-9)29(31)32)28(27-23-14)17-16(21)25-33-26-17/h1-8H,(H2,21,25)(H,24,30)/b22-8+. The number of nitrogens with one attached hydrogen (secondary N) is 1. The van der Waals surface area contributed by atoms with Crippen molar-refractivity contribution < 1.29 is 14.3 Å². The normalized spacial score (nSPS) is 11.1. The van der Waals surface area contributed by atoms with Gasteiger partial charge in [0, 0.05) is 23.3 Å². The average Bonchev–Trinajstić information content (AvgIpc) is 3.42. The van der Waals surface area contributed by atoms with Gasteiger partial charge in [0.1, 0.15) is 5.69 Å². The molecule has 0 fully saturated rings. The largest absolute Gasteiger partial charge is 0.378 e. The number of hydrogen-bond acceptors (Lipinski definition) is 10. The molecular formula is C18H11Cl2N9O4. The number of carbonyl (C=O) groups excluding carboxylic acids is 1. The molecule has 0 atom stereocenters. The number of hydrogen-bond donors (Lipinski definition) is 2. The van der Waals surface area contributed by atoms with Crippen molar-refractivity contribution in [2.24, 2.45) is 5.10 Å². The summed E-state index contributed by atoms with van der Waals surface area (Å²) in [7, 11) is 0.